The number of nitro benzene ring substituents is 2. The molecule has 0 heterocycles. The van der Waals surface area contributed by atoms with Crippen molar-refractivity contribution in [3.8, 4) is 0 Å². The summed E-state index contributed by atoms with van der Waals surface area (Å²) in [4.78, 5) is 30.3. The number of aliphatic hydroxyl groups excluding tert-OH is 1. The summed E-state index contributed by atoms with van der Waals surface area (Å²) in [7, 11) is 1.25. The van der Waals surface area contributed by atoms with Gasteiger partial charge in [0.05, 0.1) is 29.1 Å². The maximum atomic E-state index is 10.9. The number of methoxy groups -OCH3 is 1. The zero-order valence-electron chi connectivity index (χ0n) is 12.6. The summed E-state index contributed by atoms with van der Waals surface area (Å²) < 4.78 is 4.43. The molecule has 0 saturated heterocycles. The molecule has 0 aliphatic carbocycles. The van der Waals surface area contributed by atoms with E-state index in [0.29, 0.717) is 11.1 Å². The van der Waals surface area contributed by atoms with Gasteiger partial charge in [0.1, 0.15) is 0 Å². The molecule has 1 N–H and O–H groups in total. The van der Waals surface area contributed by atoms with Crippen molar-refractivity contribution in [1.82, 2.24) is 0 Å². The van der Waals surface area contributed by atoms with Crippen LogP contribution in [0.2, 0.25) is 0 Å². The third-order valence-electron chi connectivity index (χ3n) is 2.83. The summed E-state index contributed by atoms with van der Waals surface area (Å²) >= 11 is 0. The Bertz CT molecular complexity index is 712. The van der Waals surface area contributed by atoms with E-state index in [1.807, 2.05) is 0 Å². The molecule has 2 aromatic rings. The van der Waals surface area contributed by atoms with Crippen LogP contribution in [0.5, 0.6) is 0 Å². The third kappa shape index (κ3) is 5.46. The summed E-state index contributed by atoms with van der Waals surface area (Å²) in [6.45, 7) is -0.0853. The molecule has 0 aliphatic heterocycles. The van der Waals surface area contributed by atoms with Crippen molar-refractivity contribution in [3.05, 3.63) is 79.9 Å². The van der Waals surface area contributed by atoms with Crippen molar-refractivity contribution < 1.29 is 24.5 Å². The average molecular weight is 334 g/mol. The highest BCUT2D eigenvalue weighted by Gasteiger charge is 2.08. The topological polar surface area (TPSA) is 133 Å². The quantitative estimate of drug-likeness (QED) is 0.515. The summed E-state index contributed by atoms with van der Waals surface area (Å²) in [5.74, 6) is -0.505. The molecule has 0 amide bonds. The van der Waals surface area contributed by atoms with Crippen LogP contribution in [0.4, 0.5) is 11.4 Å². The van der Waals surface area contributed by atoms with Crippen LogP contribution in [0, 0.1) is 20.2 Å². The number of non-ortho nitro benzene ring substituents is 2. The van der Waals surface area contributed by atoms with E-state index in [1.54, 1.807) is 0 Å². The highest BCUT2D eigenvalue weighted by Crippen LogP contribution is 2.12. The number of hydrogen-bond donors (Lipinski definition) is 1. The van der Waals surface area contributed by atoms with Crippen LogP contribution < -0.4 is 0 Å². The smallest absolute Gasteiger partial charge is 0.337 e. The minimum absolute atomic E-state index is 0.0437. The van der Waals surface area contributed by atoms with Crippen LogP contribution in [0.1, 0.15) is 15.9 Å². The van der Waals surface area contributed by atoms with E-state index in [-0.39, 0.29) is 18.0 Å². The first-order valence-corrected chi connectivity index (χ1v) is 6.56. The number of hydrogen-bond acceptors (Lipinski definition) is 7. The summed E-state index contributed by atoms with van der Waals surface area (Å²) in [6.07, 6.45) is 0. The maximum absolute atomic E-state index is 10.9. The fourth-order valence-electron chi connectivity index (χ4n) is 1.56. The van der Waals surface area contributed by atoms with Crippen LogP contribution in [-0.4, -0.2) is 28.0 Å². The Morgan fingerprint density at radius 2 is 1.38 bits per heavy atom. The first-order chi connectivity index (χ1) is 11.4. The van der Waals surface area contributed by atoms with Gasteiger partial charge < -0.3 is 9.84 Å². The van der Waals surface area contributed by atoms with Gasteiger partial charge in [0.2, 0.25) is 0 Å². The average Bonchev–Trinajstić information content (AvgIpc) is 2.61. The third-order valence-corrected chi connectivity index (χ3v) is 2.83. The molecule has 0 unspecified atom stereocenters. The van der Waals surface area contributed by atoms with Crippen LogP contribution in [0.25, 0.3) is 0 Å². The molecule has 9 heteroatoms. The standard InChI is InChI=1S/C8H7NO4.C7H7NO3/c1-13-8(10)6-2-4-7(5-3-6)9(11)12;9-5-6-1-3-7(4-2-6)8(10)11/h2-5H,1H3;1-4,9H,5H2. The van der Waals surface area contributed by atoms with E-state index in [2.05, 4.69) is 4.74 Å². The predicted octanol–water partition coefficient (Wildman–Crippen LogP) is 2.47. The van der Waals surface area contributed by atoms with Crippen molar-refractivity contribution in [2.24, 2.45) is 0 Å². The Morgan fingerprint density at radius 1 is 0.958 bits per heavy atom. The van der Waals surface area contributed by atoms with Gasteiger partial charge in [-0.1, -0.05) is 0 Å². The SMILES string of the molecule is COC(=O)c1ccc([N+](=O)[O-])cc1.O=[N+]([O-])c1ccc(CO)cc1. The van der Waals surface area contributed by atoms with E-state index >= 15 is 0 Å². The highest BCUT2D eigenvalue weighted by atomic mass is 16.6. The molecular formula is C15H14N2O7. The highest BCUT2D eigenvalue weighted by molar-refractivity contribution is 5.89. The summed E-state index contributed by atoms with van der Waals surface area (Å²) in [5.41, 5.74) is 0.971. The molecule has 0 fully saturated rings. The number of ether oxygens (including phenoxy) is 1. The lowest BCUT2D eigenvalue weighted by molar-refractivity contribution is -0.385. The Labute approximate surface area is 136 Å². The Hall–Kier alpha value is -3.33. The van der Waals surface area contributed by atoms with Gasteiger partial charge in [0.15, 0.2) is 0 Å². The van der Waals surface area contributed by atoms with E-state index in [1.165, 1.54) is 55.6 Å². The Morgan fingerprint density at radius 3 is 1.71 bits per heavy atom. The molecular weight excluding hydrogens is 320 g/mol. The second-order valence-corrected chi connectivity index (χ2v) is 4.38. The first-order valence-electron chi connectivity index (χ1n) is 6.56. The molecule has 126 valence electrons. The van der Waals surface area contributed by atoms with Crippen LogP contribution in [0.3, 0.4) is 0 Å². The van der Waals surface area contributed by atoms with Gasteiger partial charge in [-0.05, 0) is 29.8 Å². The number of rotatable bonds is 4. The normalized spacial score (nSPS) is 9.42. The Balaban J connectivity index is 0.000000243. The second kappa shape index (κ2) is 8.96. The fourth-order valence-corrected chi connectivity index (χ4v) is 1.56. The molecule has 2 rings (SSSR count). The van der Waals surface area contributed by atoms with Crippen LogP contribution in [-0.2, 0) is 11.3 Å². The number of benzene rings is 2. The number of aliphatic hydroxyl groups is 1. The first kappa shape index (κ1) is 18.7. The molecule has 0 bridgehead atoms. The lowest BCUT2D eigenvalue weighted by atomic mass is 10.2. The molecule has 0 spiro atoms. The van der Waals surface area contributed by atoms with Gasteiger partial charge in [0.25, 0.3) is 11.4 Å². The Kier molecular flexibility index (Phi) is 6.98. The minimum atomic E-state index is -0.527. The van der Waals surface area contributed by atoms with Crippen LogP contribution >= 0.6 is 0 Å². The van der Waals surface area contributed by atoms with E-state index < -0.39 is 15.8 Å². The molecule has 0 atom stereocenters. The number of esters is 1. The number of carbonyl (C=O) groups is 1. The minimum Gasteiger partial charge on any atom is -0.465 e. The van der Waals surface area contributed by atoms with Gasteiger partial charge in [-0.3, -0.25) is 20.2 Å². The van der Waals surface area contributed by atoms with Gasteiger partial charge in [-0.25, -0.2) is 4.79 Å². The second-order valence-electron chi connectivity index (χ2n) is 4.38. The molecule has 2 aromatic carbocycles. The lowest BCUT2D eigenvalue weighted by Crippen LogP contribution is -2.00. The van der Waals surface area contributed by atoms with Crippen molar-refractivity contribution >= 4 is 17.3 Å². The molecule has 24 heavy (non-hydrogen) atoms. The zero-order chi connectivity index (χ0) is 18.1. The van der Waals surface area contributed by atoms with E-state index in [4.69, 9.17) is 5.11 Å². The van der Waals surface area contributed by atoms with Gasteiger partial charge in [-0.15, -0.1) is 0 Å². The molecule has 9 nitrogen and oxygen atoms in total. The van der Waals surface area contributed by atoms with Gasteiger partial charge >= 0.3 is 5.97 Å². The zero-order valence-corrected chi connectivity index (χ0v) is 12.6. The summed E-state index contributed by atoms with van der Waals surface area (Å²) in [5, 5.41) is 29.0. The molecule has 0 radical (unpaired) electrons. The monoisotopic (exact) mass is 334 g/mol. The largest absolute Gasteiger partial charge is 0.465 e. The lowest BCUT2D eigenvalue weighted by Gasteiger charge is -1.97. The summed E-state index contributed by atoms with van der Waals surface area (Å²) in [6, 6.07) is 11.0. The predicted molar refractivity (Wildman–Crippen MR) is 83.5 cm³/mol. The van der Waals surface area contributed by atoms with Gasteiger partial charge in [0, 0.05) is 24.3 Å². The number of nitrogens with zero attached hydrogens (tertiary/aromatic N) is 2. The van der Waals surface area contributed by atoms with Crippen molar-refractivity contribution in [3.63, 3.8) is 0 Å². The molecule has 0 saturated carbocycles. The van der Waals surface area contributed by atoms with Crippen molar-refractivity contribution in [2.45, 2.75) is 6.61 Å². The molecule has 0 aliphatic rings. The van der Waals surface area contributed by atoms with E-state index in [0.717, 1.165) is 0 Å². The van der Waals surface area contributed by atoms with Crippen molar-refractivity contribution in [2.75, 3.05) is 7.11 Å². The molecule has 0 aromatic heterocycles. The number of carbonyl (C=O) groups excluding carboxylic acids is 1. The van der Waals surface area contributed by atoms with E-state index in [9.17, 15) is 25.0 Å². The van der Waals surface area contributed by atoms with Crippen molar-refractivity contribution in [1.29, 1.82) is 0 Å². The van der Waals surface area contributed by atoms with Gasteiger partial charge in [-0.2, -0.15) is 0 Å². The number of nitro groups is 2. The maximum Gasteiger partial charge on any atom is 0.337 e. The van der Waals surface area contributed by atoms with Crippen LogP contribution in [0.15, 0.2) is 48.5 Å². The fraction of sp³-hybridized carbons (Fsp3) is 0.133.